The maximum absolute atomic E-state index is 12.8. The van der Waals surface area contributed by atoms with E-state index in [0.717, 1.165) is 32.1 Å². The van der Waals surface area contributed by atoms with Crippen molar-refractivity contribution >= 4 is 23.6 Å². The first-order valence-electron chi connectivity index (χ1n) is 16.4. The van der Waals surface area contributed by atoms with Crippen molar-refractivity contribution in [1.82, 2.24) is 15.6 Å². The van der Waals surface area contributed by atoms with E-state index < -0.39 is 11.7 Å². The number of hydrogen-bond donors (Lipinski definition) is 3. The van der Waals surface area contributed by atoms with E-state index in [1.807, 2.05) is 51.1 Å². The summed E-state index contributed by atoms with van der Waals surface area (Å²) in [6.45, 7) is 7.36. The molecule has 2 aliphatic heterocycles. The number of fused-ring (bicyclic) bond motifs is 1. The van der Waals surface area contributed by atoms with E-state index >= 15 is 0 Å². The topological polar surface area (TPSA) is 146 Å². The number of ether oxygens (including phenoxy) is 5. The van der Waals surface area contributed by atoms with Gasteiger partial charge in [0, 0.05) is 37.2 Å². The number of hydrogen-bond acceptors (Lipinski definition) is 9. The van der Waals surface area contributed by atoms with Gasteiger partial charge in [-0.3, -0.25) is 9.59 Å². The van der Waals surface area contributed by atoms with Crippen molar-refractivity contribution in [2.75, 3.05) is 38.8 Å². The van der Waals surface area contributed by atoms with Crippen LogP contribution in [0.3, 0.4) is 0 Å². The number of pyridine rings is 1. The van der Waals surface area contributed by atoms with Crippen LogP contribution in [0, 0.1) is 11.8 Å². The van der Waals surface area contributed by atoms with E-state index in [1.54, 1.807) is 12.1 Å². The Bertz CT molecular complexity index is 1450. The molecule has 12 heteroatoms. The summed E-state index contributed by atoms with van der Waals surface area (Å²) in [6, 6.07) is 9.18. The molecular formula is C35H46N4O8. The lowest BCUT2D eigenvalue weighted by Crippen LogP contribution is -2.43. The zero-order valence-electron chi connectivity index (χ0n) is 27.6. The van der Waals surface area contributed by atoms with Crippen molar-refractivity contribution in [3.05, 3.63) is 42.5 Å². The maximum Gasteiger partial charge on any atom is 0.407 e. The average Bonchev–Trinajstić information content (AvgIpc) is 3.49. The normalized spacial score (nSPS) is 21.2. The molecule has 0 bridgehead atoms. The van der Waals surface area contributed by atoms with Gasteiger partial charge in [0.25, 0.3) is 0 Å². The number of nitrogens with one attached hydrogen (secondary N) is 3. The summed E-state index contributed by atoms with van der Waals surface area (Å²) >= 11 is 0. The first kappa shape index (κ1) is 34.0. The molecule has 2 aromatic rings. The summed E-state index contributed by atoms with van der Waals surface area (Å²) in [5.74, 6) is 1.44. The Morgan fingerprint density at radius 3 is 2.64 bits per heavy atom. The van der Waals surface area contributed by atoms with Gasteiger partial charge in [-0.25, -0.2) is 9.78 Å². The van der Waals surface area contributed by atoms with Crippen LogP contribution in [-0.2, 0) is 19.1 Å². The van der Waals surface area contributed by atoms with Gasteiger partial charge in [-0.15, -0.1) is 0 Å². The van der Waals surface area contributed by atoms with Gasteiger partial charge >= 0.3 is 6.09 Å². The molecule has 1 aromatic heterocycles. The third kappa shape index (κ3) is 9.60. The van der Waals surface area contributed by atoms with Gasteiger partial charge in [0.1, 0.15) is 24.0 Å². The summed E-state index contributed by atoms with van der Waals surface area (Å²) in [5.41, 5.74) is 1.21. The Labute approximate surface area is 275 Å². The van der Waals surface area contributed by atoms with E-state index in [9.17, 15) is 14.4 Å². The highest BCUT2D eigenvalue weighted by Gasteiger charge is 2.28. The number of para-hydroxylation sites is 1. The largest absolute Gasteiger partial charge is 0.486 e. The molecule has 5 rings (SSSR count). The number of rotatable bonds is 10. The Balaban J connectivity index is 1.14. The van der Waals surface area contributed by atoms with Gasteiger partial charge in [-0.1, -0.05) is 18.2 Å². The van der Waals surface area contributed by atoms with Crippen molar-refractivity contribution in [2.45, 2.75) is 77.0 Å². The van der Waals surface area contributed by atoms with E-state index in [4.69, 9.17) is 23.7 Å². The number of carbonyl (C=O) groups is 3. The zero-order valence-corrected chi connectivity index (χ0v) is 27.6. The number of amides is 3. The predicted molar refractivity (Wildman–Crippen MR) is 176 cm³/mol. The van der Waals surface area contributed by atoms with Crippen LogP contribution >= 0.6 is 0 Å². The minimum Gasteiger partial charge on any atom is -0.486 e. The fraction of sp³-hybridized carbons (Fsp3) is 0.543. The molecule has 12 nitrogen and oxygen atoms in total. The average molecular weight is 651 g/mol. The molecule has 0 spiro atoms. The molecule has 3 aliphatic rings. The van der Waals surface area contributed by atoms with Crippen LogP contribution < -0.4 is 30.2 Å². The number of alkyl carbamates (subject to hydrolysis) is 1. The van der Waals surface area contributed by atoms with E-state index in [0.29, 0.717) is 54.8 Å². The molecule has 3 atom stereocenters. The second-order valence-electron chi connectivity index (χ2n) is 13.2. The molecule has 1 unspecified atom stereocenters. The molecule has 1 saturated heterocycles. The third-order valence-corrected chi connectivity index (χ3v) is 8.29. The summed E-state index contributed by atoms with van der Waals surface area (Å²) < 4.78 is 28.5. The van der Waals surface area contributed by atoms with Crippen LogP contribution in [0.5, 0.6) is 17.4 Å². The van der Waals surface area contributed by atoms with Gasteiger partial charge in [0.05, 0.1) is 19.3 Å². The Morgan fingerprint density at radius 1 is 1.06 bits per heavy atom. The summed E-state index contributed by atoms with van der Waals surface area (Å²) in [7, 11) is 1.50. The quantitative estimate of drug-likeness (QED) is 0.302. The lowest BCUT2D eigenvalue weighted by atomic mass is 9.99. The zero-order chi connectivity index (χ0) is 33.4. The monoisotopic (exact) mass is 650 g/mol. The predicted octanol–water partition coefficient (Wildman–Crippen LogP) is 5.02. The molecule has 1 aromatic carbocycles. The number of methoxy groups -OCH3 is 1. The molecule has 3 amide bonds. The smallest absolute Gasteiger partial charge is 0.407 e. The van der Waals surface area contributed by atoms with Crippen LogP contribution in [0.1, 0.15) is 59.3 Å². The highest BCUT2D eigenvalue weighted by atomic mass is 16.6. The fourth-order valence-electron chi connectivity index (χ4n) is 5.96. The number of aromatic nitrogens is 1. The number of carbonyl (C=O) groups excluding carboxylic acids is 3. The Morgan fingerprint density at radius 2 is 1.87 bits per heavy atom. The molecular weight excluding hydrogens is 604 g/mol. The number of benzene rings is 1. The van der Waals surface area contributed by atoms with Crippen molar-refractivity contribution in [2.24, 2.45) is 11.8 Å². The second kappa shape index (κ2) is 15.5. The summed E-state index contributed by atoms with van der Waals surface area (Å²) in [4.78, 5) is 42.1. The molecule has 47 heavy (non-hydrogen) atoms. The van der Waals surface area contributed by atoms with Crippen LogP contribution in [-0.4, -0.2) is 74.1 Å². The van der Waals surface area contributed by atoms with E-state index in [1.165, 1.54) is 7.11 Å². The third-order valence-electron chi connectivity index (χ3n) is 8.29. The summed E-state index contributed by atoms with van der Waals surface area (Å²) in [5, 5.41) is 8.83. The lowest BCUT2D eigenvalue weighted by Gasteiger charge is -2.29. The van der Waals surface area contributed by atoms with Crippen molar-refractivity contribution in [3.8, 4) is 28.6 Å². The van der Waals surface area contributed by atoms with Crippen LogP contribution in [0.25, 0.3) is 11.3 Å². The van der Waals surface area contributed by atoms with Gasteiger partial charge in [-0.2, -0.15) is 0 Å². The van der Waals surface area contributed by atoms with Crippen molar-refractivity contribution in [3.63, 3.8) is 0 Å². The number of anilines is 1. The number of nitrogens with zero attached hydrogens (tertiary/aromatic N) is 1. The first-order chi connectivity index (χ1) is 22.6. The minimum absolute atomic E-state index is 0.00952. The maximum atomic E-state index is 12.8. The Hall–Kier alpha value is -4.32. The van der Waals surface area contributed by atoms with Crippen LogP contribution in [0.15, 0.2) is 42.5 Å². The Kier molecular flexibility index (Phi) is 11.2. The fourth-order valence-corrected chi connectivity index (χ4v) is 5.96. The minimum atomic E-state index is -0.534. The van der Waals surface area contributed by atoms with E-state index in [-0.39, 0.29) is 48.1 Å². The van der Waals surface area contributed by atoms with Gasteiger partial charge in [-0.05, 0) is 83.1 Å². The van der Waals surface area contributed by atoms with Crippen molar-refractivity contribution in [1.29, 1.82) is 0 Å². The molecule has 1 saturated carbocycles. The summed E-state index contributed by atoms with van der Waals surface area (Å²) in [6.07, 6.45) is 7.38. The lowest BCUT2D eigenvalue weighted by molar-refractivity contribution is -0.128. The van der Waals surface area contributed by atoms with Gasteiger partial charge in [0.2, 0.25) is 17.7 Å². The molecule has 1 aliphatic carbocycles. The molecule has 0 radical (unpaired) electrons. The second-order valence-corrected chi connectivity index (χ2v) is 13.2. The highest BCUT2D eigenvalue weighted by molar-refractivity contribution is 5.93. The molecule has 3 N–H and O–H groups in total. The first-order valence-corrected chi connectivity index (χ1v) is 16.4. The molecule has 3 heterocycles. The number of allylic oxidation sites excluding steroid dienone is 1. The van der Waals surface area contributed by atoms with Crippen LogP contribution in [0.2, 0.25) is 0 Å². The SMILES string of the molecule is COc1nc(-c2cccc3c2OC(CNC(=O)C2CCOCC2)CO3)ccc1NC(=O)C/C=C/[C@H]1CC[C@@H](NC(=O)OC(C)(C)C)C1. The highest BCUT2D eigenvalue weighted by Crippen LogP contribution is 2.41. The molecule has 2 fully saturated rings. The van der Waals surface area contributed by atoms with E-state index in [2.05, 4.69) is 20.9 Å². The van der Waals surface area contributed by atoms with Crippen molar-refractivity contribution < 1.29 is 38.1 Å². The standard InChI is InChI=1S/C35H46N4O8/c1-35(2,3)47-34(42)37-24-12-11-22(19-24)7-5-10-30(40)38-28-14-13-27(39-33(28)43-4)26-8-6-9-29-31(26)46-25(21-45-29)20-36-32(41)23-15-17-44-18-16-23/h5-9,13-14,22-25H,10-12,15-21H2,1-4H3,(H,36,41)(H,37,42)(H,38,40)/b7-5+/t22-,24+,25?/m0/s1. The van der Waals surface area contributed by atoms with Crippen LogP contribution in [0.4, 0.5) is 10.5 Å². The van der Waals surface area contributed by atoms with Gasteiger partial charge < -0.3 is 39.6 Å². The van der Waals surface area contributed by atoms with Gasteiger partial charge in [0.15, 0.2) is 11.5 Å². The molecule has 254 valence electrons.